The van der Waals surface area contributed by atoms with Gasteiger partial charge in [-0.25, -0.2) is 4.79 Å². The fraction of sp³-hybridized carbons (Fsp3) is 0.882. The van der Waals surface area contributed by atoms with Gasteiger partial charge in [-0.1, -0.05) is 20.8 Å². The quantitative estimate of drug-likeness (QED) is 0.230. The number of halogens is 1. The molecule has 1 unspecified atom stereocenters. The lowest BCUT2D eigenvalue weighted by Crippen LogP contribution is -2.43. The van der Waals surface area contributed by atoms with Gasteiger partial charge in [0.15, 0.2) is 5.96 Å². The van der Waals surface area contributed by atoms with Crippen LogP contribution in [0.2, 0.25) is 0 Å². The standard InChI is InChI=1S/C17H36N4O3.HI/c1-9-18-14(21-12-13(23-8)16(2,3)4)19-10-11-20-15(22)24-17(5,6)7;/h13H,9-12H2,1-8H3,(H,20,22)(H2,18,19,21);1H. The molecule has 0 fully saturated rings. The minimum absolute atomic E-state index is 0. The van der Waals surface area contributed by atoms with E-state index in [9.17, 15) is 4.79 Å². The van der Waals surface area contributed by atoms with Crippen molar-refractivity contribution in [1.29, 1.82) is 0 Å². The summed E-state index contributed by atoms with van der Waals surface area (Å²) in [6.45, 7) is 16.2. The molecule has 0 aromatic rings. The van der Waals surface area contributed by atoms with Crippen molar-refractivity contribution < 1.29 is 14.3 Å². The van der Waals surface area contributed by atoms with Crippen LogP contribution in [-0.2, 0) is 9.47 Å². The molecule has 3 N–H and O–H groups in total. The summed E-state index contributed by atoms with van der Waals surface area (Å²) in [5.74, 6) is 0.704. The third-order valence-electron chi connectivity index (χ3n) is 3.10. The highest BCUT2D eigenvalue weighted by atomic mass is 127. The second-order valence-electron chi connectivity index (χ2n) is 7.67. The Labute approximate surface area is 170 Å². The molecule has 8 heteroatoms. The monoisotopic (exact) mass is 472 g/mol. The number of hydrogen-bond donors (Lipinski definition) is 3. The van der Waals surface area contributed by atoms with Crippen molar-refractivity contribution in [2.75, 3.05) is 33.3 Å². The van der Waals surface area contributed by atoms with E-state index in [0.717, 1.165) is 6.54 Å². The summed E-state index contributed by atoms with van der Waals surface area (Å²) in [6.07, 6.45) is -0.383. The van der Waals surface area contributed by atoms with E-state index in [4.69, 9.17) is 9.47 Å². The first-order valence-electron chi connectivity index (χ1n) is 8.51. The number of guanidine groups is 1. The smallest absolute Gasteiger partial charge is 0.407 e. The van der Waals surface area contributed by atoms with Crippen LogP contribution in [0.4, 0.5) is 4.79 Å². The van der Waals surface area contributed by atoms with Crippen LogP contribution in [0.1, 0.15) is 48.5 Å². The number of aliphatic imine (C=N–C) groups is 1. The summed E-state index contributed by atoms with van der Waals surface area (Å²) in [5.41, 5.74) is -0.468. The Kier molecular flexibility index (Phi) is 13.3. The Morgan fingerprint density at radius 2 is 1.60 bits per heavy atom. The lowest BCUT2D eigenvalue weighted by Gasteiger charge is -2.28. The van der Waals surface area contributed by atoms with E-state index in [-0.39, 0.29) is 35.5 Å². The number of carbonyl (C=O) groups is 1. The number of nitrogens with one attached hydrogen (secondary N) is 3. The molecule has 0 aromatic carbocycles. The Morgan fingerprint density at radius 3 is 2.04 bits per heavy atom. The van der Waals surface area contributed by atoms with Gasteiger partial charge in [0, 0.05) is 26.7 Å². The molecule has 0 bridgehead atoms. The van der Waals surface area contributed by atoms with Crippen LogP contribution in [-0.4, -0.2) is 57.0 Å². The fourth-order valence-electron chi connectivity index (χ4n) is 1.88. The Hall–Kier alpha value is -0.770. The number of rotatable bonds is 7. The van der Waals surface area contributed by atoms with E-state index in [2.05, 4.69) is 41.7 Å². The van der Waals surface area contributed by atoms with E-state index < -0.39 is 11.7 Å². The van der Waals surface area contributed by atoms with Gasteiger partial charge in [0.1, 0.15) is 5.60 Å². The van der Waals surface area contributed by atoms with E-state index in [1.54, 1.807) is 7.11 Å². The summed E-state index contributed by atoms with van der Waals surface area (Å²) < 4.78 is 10.7. The number of alkyl carbamates (subject to hydrolysis) is 1. The van der Waals surface area contributed by atoms with Crippen LogP contribution in [0.25, 0.3) is 0 Å². The average Bonchev–Trinajstić information content (AvgIpc) is 2.40. The SMILES string of the molecule is CCNC(=NCC(OC)C(C)(C)C)NCCNC(=O)OC(C)(C)C.I. The highest BCUT2D eigenvalue weighted by molar-refractivity contribution is 14.0. The van der Waals surface area contributed by atoms with Gasteiger partial charge in [0.25, 0.3) is 0 Å². The Bertz CT molecular complexity index is 404. The highest BCUT2D eigenvalue weighted by Gasteiger charge is 2.24. The van der Waals surface area contributed by atoms with Crippen LogP contribution < -0.4 is 16.0 Å². The van der Waals surface area contributed by atoms with Gasteiger partial charge in [0.2, 0.25) is 0 Å². The number of amides is 1. The van der Waals surface area contributed by atoms with E-state index in [1.807, 2.05) is 27.7 Å². The highest BCUT2D eigenvalue weighted by Crippen LogP contribution is 2.21. The molecule has 0 aliphatic carbocycles. The van der Waals surface area contributed by atoms with Gasteiger partial charge in [-0.05, 0) is 33.1 Å². The van der Waals surface area contributed by atoms with Gasteiger partial charge in [-0.2, -0.15) is 0 Å². The minimum atomic E-state index is -0.490. The van der Waals surface area contributed by atoms with Crippen LogP contribution in [0.3, 0.4) is 0 Å². The number of methoxy groups -OCH3 is 1. The molecule has 1 amide bonds. The van der Waals surface area contributed by atoms with Gasteiger partial charge >= 0.3 is 6.09 Å². The summed E-state index contributed by atoms with van der Waals surface area (Å²) in [4.78, 5) is 16.1. The first kappa shape index (κ1) is 26.5. The molecule has 7 nitrogen and oxygen atoms in total. The van der Waals surface area contributed by atoms with Crippen molar-refractivity contribution in [1.82, 2.24) is 16.0 Å². The zero-order valence-corrected chi connectivity index (χ0v) is 19.3. The largest absolute Gasteiger partial charge is 0.444 e. The van der Waals surface area contributed by atoms with E-state index >= 15 is 0 Å². The topological polar surface area (TPSA) is 84.0 Å². The van der Waals surface area contributed by atoms with Crippen LogP contribution in [0.15, 0.2) is 4.99 Å². The summed E-state index contributed by atoms with van der Waals surface area (Å²) in [5, 5.41) is 9.07. The molecule has 0 spiro atoms. The molecule has 0 aliphatic heterocycles. The third kappa shape index (κ3) is 14.1. The second kappa shape index (κ2) is 12.6. The van der Waals surface area contributed by atoms with Crippen molar-refractivity contribution >= 4 is 36.0 Å². The van der Waals surface area contributed by atoms with Gasteiger partial charge < -0.3 is 25.4 Å². The van der Waals surface area contributed by atoms with Crippen molar-refractivity contribution in [3.8, 4) is 0 Å². The lowest BCUT2D eigenvalue weighted by molar-refractivity contribution is 0.0241. The van der Waals surface area contributed by atoms with Crippen molar-refractivity contribution in [3.63, 3.8) is 0 Å². The van der Waals surface area contributed by atoms with E-state index in [0.29, 0.717) is 25.6 Å². The van der Waals surface area contributed by atoms with Gasteiger partial charge in [0.05, 0.1) is 12.6 Å². The number of ether oxygens (including phenoxy) is 2. The van der Waals surface area contributed by atoms with Crippen LogP contribution in [0, 0.1) is 5.41 Å². The Morgan fingerprint density at radius 1 is 1.04 bits per heavy atom. The maximum absolute atomic E-state index is 11.6. The molecule has 0 saturated heterocycles. The number of hydrogen-bond acceptors (Lipinski definition) is 4. The molecular formula is C17H37IN4O3. The van der Waals surface area contributed by atoms with Crippen LogP contribution >= 0.6 is 24.0 Å². The molecule has 0 heterocycles. The first-order valence-corrected chi connectivity index (χ1v) is 8.51. The average molecular weight is 472 g/mol. The summed E-state index contributed by atoms with van der Waals surface area (Å²) in [6, 6.07) is 0. The Balaban J connectivity index is 0. The number of nitrogens with zero attached hydrogens (tertiary/aromatic N) is 1. The van der Waals surface area contributed by atoms with E-state index in [1.165, 1.54) is 0 Å². The molecule has 150 valence electrons. The van der Waals surface area contributed by atoms with Crippen molar-refractivity contribution in [2.24, 2.45) is 10.4 Å². The maximum Gasteiger partial charge on any atom is 0.407 e. The predicted molar refractivity (Wildman–Crippen MR) is 114 cm³/mol. The van der Waals surface area contributed by atoms with Crippen LogP contribution in [0.5, 0.6) is 0 Å². The summed E-state index contributed by atoms with van der Waals surface area (Å²) >= 11 is 0. The van der Waals surface area contributed by atoms with Gasteiger partial charge in [-0.3, -0.25) is 4.99 Å². The maximum atomic E-state index is 11.6. The van der Waals surface area contributed by atoms with Gasteiger partial charge in [-0.15, -0.1) is 24.0 Å². The fourth-order valence-corrected chi connectivity index (χ4v) is 1.88. The van der Waals surface area contributed by atoms with Crippen molar-refractivity contribution in [2.45, 2.75) is 60.2 Å². The first-order chi connectivity index (χ1) is 11.0. The molecule has 0 saturated carbocycles. The minimum Gasteiger partial charge on any atom is -0.444 e. The lowest BCUT2D eigenvalue weighted by atomic mass is 9.89. The molecule has 0 aliphatic rings. The van der Waals surface area contributed by atoms with Crippen molar-refractivity contribution in [3.05, 3.63) is 0 Å². The number of carbonyl (C=O) groups excluding carboxylic acids is 1. The zero-order chi connectivity index (χ0) is 18.8. The molecule has 0 radical (unpaired) electrons. The second-order valence-corrected chi connectivity index (χ2v) is 7.67. The summed E-state index contributed by atoms with van der Waals surface area (Å²) in [7, 11) is 1.70. The molecule has 25 heavy (non-hydrogen) atoms. The zero-order valence-electron chi connectivity index (χ0n) is 17.0. The molecule has 0 aromatic heterocycles. The third-order valence-corrected chi connectivity index (χ3v) is 3.10. The predicted octanol–water partition coefficient (Wildman–Crippen LogP) is 2.75. The normalized spacial score (nSPS) is 13.5. The molecule has 1 atom stereocenters. The molecular weight excluding hydrogens is 435 g/mol. The molecule has 0 rings (SSSR count).